The molecule has 0 aliphatic carbocycles. The predicted octanol–water partition coefficient (Wildman–Crippen LogP) is 2.22. The summed E-state index contributed by atoms with van der Waals surface area (Å²) in [5.41, 5.74) is 3.03. The van der Waals surface area contributed by atoms with Gasteiger partial charge < -0.3 is 10.1 Å². The second-order valence-electron chi connectivity index (χ2n) is 5.81. The van der Waals surface area contributed by atoms with E-state index < -0.39 is 0 Å². The van der Waals surface area contributed by atoms with Crippen molar-refractivity contribution in [3.05, 3.63) is 29.3 Å². The lowest BCUT2D eigenvalue weighted by Gasteiger charge is -2.43. The fourth-order valence-electron chi connectivity index (χ4n) is 3.67. The minimum atomic E-state index is 0.627. The molecule has 19 heavy (non-hydrogen) atoms. The Balaban J connectivity index is 1.84. The highest BCUT2D eigenvalue weighted by Crippen LogP contribution is 2.39. The molecule has 0 radical (unpaired) electrons. The fraction of sp³-hybridized carbons (Fsp3) is 0.625. The van der Waals surface area contributed by atoms with Crippen molar-refractivity contribution in [1.82, 2.24) is 10.2 Å². The van der Waals surface area contributed by atoms with Crippen molar-refractivity contribution in [2.24, 2.45) is 5.92 Å². The van der Waals surface area contributed by atoms with Gasteiger partial charge in [-0.3, -0.25) is 4.90 Å². The van der Waals surface area contributed by atoms with E-state index in [1.165, 1.54) is 43.5 Å². The van der Waals surface area contributed by atoms with E-state index >= 15 is 0 Å². The van der Waals surface area contributed by atoms with Crippen LogP contribution in [0.5, 0.6) is 5.75 Å². The average molecular weight is 260 g/mol. The maximum atomic E-state index is 5.35. The molecule has 0 amide bonds. The lowest BCUT2D eigenvalue weighted by Crippen LogP contribution is -2.43. The molecule has 0 aromatic heterocycles. The van der Waals surface area contributed by atoms with Gasteiger partial charge in [-0.25, -0.2) is 0 Å². The van der Waals surface area contributed by atoms with E-state index in [1.807, 2.05) is 0 Å². The Morgan fingerprint density at radius 3 is 3.05 bits per heavy atom. The van der Waals surface area contributed by atoms with Crippen molar-refractivity contribution in [3.8, 4) is 5.75 Å². The smallest absolute Gasteiger partial charge is 0.119 e. The highest BCUT2D eigenvalue weighted by atomic mass is 16.5. The number of nitrogens with zero attached hydrogens (tertiary/aromatic N) is 1. The van der Waals surface area contributed by atoms with Crippen molar-refractivity contribution in [1.29, 1.82) is 0 Å². The van der Waals surface area contributed by atoms with Gasteiger partial charge in [0.05, 0.1) is 7.11 Å². The average Bonchev–Trinajstić information content (AvgIpc) is 2.46. The second-order valence-corrected chi connectivity index (χ2v) is 5.81. The Morgan fingerprint density at radius 2 is 2.26 bits per heavy atom. The van der Waals surface area contributed by atoms with Crippen molar-refractivity contribution < 1.29 is 4.74 Å². The normalized spacial score (nSPS) is 26.6. The maximum absolute atomic E-state index is 5.35. The summed E-state index contributed by atoms with van der Waals surface area (Å²) < 4.78 is 5.35. The SMILES string of the molecule is CNC[C@@H]1CCN2CCc3cc(OC)ccc3[C@@H]2C1. The lowest BCUT2D eigenvalue weighted by molar-refractivity contribution is 0.103. The minimum absolute atomic E-state index is 0.627. The Kier molecular flexibility index (Phi) is 3.76. The molecule has 2 atom stereocenters. The topological polar surface area (TPSA) is 24.5 Å². The molecule has 2 aliphatic rings. The second kappa shape index (κ2) is 5.51. The van der Waals surface area contributed by atoms with Gasteiger partial charge in [0.2, 0.25) is 0 Å². The monoisotopic (exact) mass is 260 g/mol. The summed E-state index contributed by atoms with van der Waals surface area (Å²) in [6.07, 6.45) is 3.79. The largest absolute Gasteiger partial charge is 0.497 e. The van der Waals surface area contributed by atoms with Crippen LogP contribution in [0.3, 0.4) is 0 Å². The number of piperidine rings is 1. The molecule has 3 rings (SSSR count). The number of nitrogens with one attached hydrogen (secondary N) is 1. The van der Waals surface area contributed by atoms with Crippen LogP contribution in [0.1, 0.15) is 30.0 Å². The van der Waals surface area contributed by atoms with Crippen molar-refractivity contribution in [2.75, 3.05) is 33.8 Å². The first kappa shape index (κ1) is 12.9. The van der Waals surface area contributed by atoms with Gasteiger partial charge >= 0.3 is 0 Å². The Labute approximate surface area is 115 Å². The molecule has 1 N–H and O–H groups in total. The van der Waals surface area contributed by atoms with Gasteiger partial charge in [-0.05, 0) is 68.6 Å². The van der Waals surface area contributed by atoms with Gasteiger partial charge in [-0.1, -0.05) is 6.07 Å². The third-order valence-electron chi connectivity index (χ3n) is 4.69. The summed E-state index contributed by atoms with van der Waals surface area (Å²) in [5.74, 6) is 1.81. The van der Waals surface area contributed by atoms with Crippen LogP contribution in [0.4, 0.5) is 0 Å². The van der Waals surface area contributed by atoms with Gasteiger partial charge in [-0.2, -0.15) is 0 Å². The van der Waals surface area contributed by atoms with E-state index in [0.29, 0.717) is 6.04 Å². The molecule has 0 spiro atoms. The van der Waals surface area contributed by atoms with Gasteiger partial charge in [0.15, 0.2) is 0 Å². The van der Waals surface area contributed by atoms with Crippen molar-refractivity contribution in [3.63, 3.8) is 0 Å². The van der Waals surface area contributed by atoms with Gasteiger partial charge in [-0.15, -0.1) is 0 Å². The summed E-state index contributed by atoms with van der Waals surface area (Å²) in [6, 6.07) is 7.26. The summed E-state index contributed by atoms with van der Waals surface area (Å²) in [6.45, 7) is 3.61. The molecular weight excluding hydrogens is 236 g/mol. The van der Waals surface area contributed by atoms with Crippen molar-refractivity contribution >= 4 is 0 Å². The third-order valence-corrected chi connectivity index (χ3v) is 4.69. The molecule has 1 aromatic rings. The molecule has 3 nitrogen and oxygen atoms in total. The molecule has 0 saturated carbocycles. The lowest BCUT2D eigenvalue weighted by atomic mass is 9.82. The van der Waals surface area contributed by atoms with Crippen LogP contribution in [0.15, 0.2) is 18.2 Å². The van der Waals surface area contributed by atoms with Crippen LogP contribution in [-0.2, 0) is 6.42 Å². The quantitative estimate of drug-likeness (QED) is 0.902. The first-order chi connectivity index (χ1) is 9.31. The molecule has 0 bridgehead atoms. The number of hydrogen-bond donors (Lipinski definition) is 1. The standard InChI is InChI=1S/C16H24N2O/c1-17-11-12-5-7-18-8-6-13-10-14(19-2)3-4-15(13)16(18)9-12/h3-4,10,12,16-17H,5-9,11H2,1-2H3/t12-,16+/m1/s1. The summed E-state index contributed by atoms with van der Waals surface area (Å²) in [5, 5.41) is 3.34. The summed E-state index contributed by atoms with van der Waals surface area (Å²) in [7, 11) is 3.81. The zero-order valence-corrected chi connectivity index (χ0v) is 12.0. The molecule has 3 heteroatoms. The van der Waals surface area contributed by atoms with Crippen LogP contribution in [-0.4, -0.2) is 38.7 Å². The van der Waals surface area contributed by atoms with Crippen LogP contribution >= 0.6 is 0 Å². The predicted molar refractivity (Wildman–Crippen MR) is 77.7 cm³/mol. The zero-order valence-electron chi connectivity index (χ0n) is 12.0. The summed E-state index contributed by atoms with van der Waals surface area (Å²) >= 11 is 0. The maximum Gasteiger partial charge on any atom is 0.119 e. The van der Waals surface area contributed by atoms with E-state index in [4.69, 9.17) is 4.74 Å². The van der Waals surface area contributed by atoms with Crippen LogP contribution in [0, 0.1) is 5.92 Å². The zero-order chi connectivity index (χ0) is 13.2. The van der Waals surface area contributed by atoms with Crippen LogP contribution in [0.2, 0.25) is 0 Å². The van der Waals surface area contributed by atoms with Gasteiger partial charge in [0, 0.05) is 12.6 Å². The number of rotatable bonds is 3. The number of benzene rings is 1. The van der Waals surface area contributed by atoms with E-state index in [0.717, 1.165) is 18.2 Å². The Morgan fingerprint density at radius 1 is 1.37 bits per heavy atom. The van der Waals surface area contributed by atoms with Gasteiger partial charge in [0.25, 0.3) is 0 Å². The molecular formula is C16H24N2O. The fourth-order valence-corrected chi connectivity index (χ4v) is 3.67. The molecule has 104 valence electrons. The van der Waals surface area contributed by atoms with Crippen molar-refractivity contribution in [2.45, 2.75) is 25.3 Å². The molecule has 2 aliphatic heterocycles. The Hall–Kier alpha value is -1.06. The molecule has 2 heterocycles. The highest BCUT2D eigenvalue weighted by Gasteiger charge is 2.33. The number of fused-ring (bicyclic) bond motifs is 3. The van der Waals surface area contributed by atoms with E-state index in [-0.39, 0.29) is 0 Å². The third kappa shape index (κ3) is 2.49. The number of ether oxygens (including phenoxy) is 1. The van der Waals surface area contributed by atoms with E-state index in [9.17, 15) is 0 Å². The summed E-state index contributed by atoms with van der Waals surface area (Å²) in [4.78, 5) is 2.67. The molecule has 1 saturated heterocycles. The van der Waals surface area contributed by atoms with E-state index in [2.05, 4.69) is 35.5 Å². The first-order valence-electron chi connectivity index (χ1n) is 7.37. The van der Waals surface area contributed by atoms with Gasteiger partial charge in [0.1, 0.15) is 5.75 Å². The van der Waals surface area contributed by atoms with E-state index in [1.54, 1.807) is 7.11 Å². The van der Waals surface area contributed by atoms with Crippen LogP contribution in [0.25, 0.3) is 0 Å². The molecule has 0 unspecified atom stereocenters. The highest BCUT2D eigenvalue weighted by molar-refractivity contribution is 5.39. The van der Waals surface area contributed by atoms with Crippen LogP contribution < -0.4 is 10.1 Å². The molecule has 1 aromatic carbocycles. The molecule has 1 fully saturated rings. The number of methoxy groups -OCH3 is 1. The first-order valence-corrected chi connectivity index (χ1v) is 7.37. The number of hydrogen-bond acceptors (Lipinski definition) is 3. The minimum Gasteiger partial charge on any atom is -0.497 e. The Bertz CT molecular complexity index is 446.